The van der Waals surface area contributed by atoms with Gasteiger partial charge in [-0.1, -0.05) is 18.2 Å². The van der Waals surface area contributed by atoms with Gasteiger partial charge in [0.25, 0.3) is 0 Å². The fourth-order valence-electron chi connectivity index (χ4n) is 1.09. The van der Waals surface area contributed by atoms with Gasteiger partial charge in [-0.15, -0.1) is 0 Å². The molecule has 0 unspecified atom stereocenters. The fourth-order valence-corrected chi connectivity index (χ4v) is 1.09. The molecule has 0 atom stereocenters. The van der Waals surface area contributed by atoms with Gasteiger partial charge in [0.05, 0.1) is 6.07 Å². The molecule has 15 heavy (non-hydrogen) atoms. The van der Waals surface area contributed by atoms with Crippen LogP contribution in [0.25, 0.3) is 0 Å². The number of carbonyl (C=O) groups is 1. The molecule has 0 aliphatic carbocycles. The van der Waals surface area contributed by atoms with Gasteiger partial charge in [-0.25, -0.2) is 4.39 Å². The third-order valence-corrected chi connectivity index (χ3v) is 1.90. The van der Waals surface area contributed by atoms with E-state index in [4.69, 9.17) is 5.26 Å². The first-order chi connectivity index (χ1) is 7.24. The zero-order valence-corrected chi connectivity index (χ0v) is 8.16. The minimum absolute atomic E-state index is 0.158. The number of amides is 1. The molecule has 3 nitrogen and oxygen atoms in total. The monoisotopic (exact) mass is 206 g/mol. The molecule has 0 spiro atoms. The molecule has 1 N–H and O–H groups in total. The van der Waals surface area contributed by atoms with Crippen molar-refractivity contribution in [3.8, 4) is 6.07 Å². The summed E-state index contributed by atoms with van der Waals surface area (Å²) in [6.07, 6.45) is 0.341. The predicted octanol–water partition coefficient (Wildman–Crippen LogP) is 1.75. The number of hydrogen-bond acceptors (Lipinski definition) is 2. The summed E-state index contributed by atoms with van der Waals surface area (Å²) in [6.45, 7) is 0.164. The van der Waals surface area contributed by atoms with Crippen molar-refractivity contribution in [3.05, 3.63) is 35.6 Å². The van der Waals surface area contributed by atoms with E-state index >= 15 is 0 Å². The highest BCUT2D eigenvalue weighted by atomic mass is 19.1. The standard InChI is InChI=1S/C11H11FN2O/c12-10-5-2-1-4-9(10)8-14-11(15)6-3-7-13/h1-2,4-5H,3,6,8H2,(H,14,15). The quantitative estimate of drug-likeness (QED) is 0.815. The van der Waals surface area contributed by atoms with Gasteiger partial charge in [-0.3, -0.25) is 4.79 Å². The van der Waals surface area contributed by atoms with Crippen LogP contribution in [0.15, 0.2) is 24.3 Å². The molecule has 0 saturated carbocycles. The fraction of sp³-hybridized carbons (Fsp3) is 0.273. The van der Waals surface area contributed by atoms with E-state index in [1.54, 1.807) is 18.2 Å². The largest absolute Gasteiger partial charge is 0.352 e. The van der Waals surface area contributed by atoms with E-state index in [2.05, 4.69) is 5.32 Å². The number of benzene rings is 1. The molecule has 1 amide bonds. The maximum atomic E-state index is 13.1. The number of rotatable bonds is 4. The lowest BCUT2D eigenvalue weighted by Crippen LogP contribution is -2.22. The molecule has 0 saturated heterocycles. The van der Waals surface area contributed by atoms with Gasteiger partial charge in [0.2, 0.25) is 5.91 Å². The van der Waals surface area contributed by atoms with Gasteiger partial charge in [-0.05, 0) is 6.07 Å². The number of nitriles is 1. The van der Waals surface area contributed by atoms with E-state index in [-0.39, 0.29) is 31.1 Å². The highest BCUT2D eigenvalue weighted by Crippen LogP contribution is 2.05. The first kappa shape index (κ1) is 11.2. The van der Waals surface area contributed by atoms with Crippen molar-refractivity contribution in [1.29, 1.82) is 5.26 Å². The summed E-state index contributed by atoms with van der Waals surface area (Å²) in [5, 5.41) is 10.8. The van der Waals surface area contributed by atoms with Crippen LogP contribution >= 0.6 is 0 Å². The maximum Gasteiger partial charge on any atom is 0.221 e. The second-order valence-corrected chi connectivity index (χ2v) is 3.03. The SMILES string of the molecule is N#CCCC(=O)NCc1ccccc1F. The van der Waals surface area contributed by atoms with Gasteiger partial charge in [0.1, 0.15) is 5.82 Å². The normalized spacial score (nSPS) is 9.33. The maximum absolute atomic E-state index is 13.1. The Labute approximate surface area is 87.5 Å². The Kier molecular flexibility index (Phi) is 4.30. The number of nitrogens with one attached hydrogen (secondary N) is 1. The van der Waals surface area contributed by atoms with Crippen LogP contribution in [0.5, 0.6) is 0 Å². The predicted molar refractivity (Wildman–Crippen MR) is 53.1 cm³/mol. The Hall–Kier alpha value is -1.89. The number of hydrogen-bond donors (Lipinski definition) is 1. The first-order valence-corrected chi connectivity index (χ1v) is 4.61. The van der Waals surface area contributed by atoms with E-state index in [1.165, 1.54) is 6.07 Å². The Morgan fingerprint density at radius 1 is 1.47 bits per heavy atom. The van der Waals surface area contributed by atoms with Gasteiger partial charge in [0.15, 0.2) is 0 Å². The molecule has 0 aromatic heterocycles. The number of halogens is 1. The molecular formula is C11H11FN2O. The van der Waals surface area contributed by atoms with Gasteiger partial charge in [-0.2, -0.15) is 5.26 Å². The van der Waals surface area contributed by atoms with E-state index < -0.39 is 0 Å². The van der Waals surface area contributed by atoms with Gasteiger partial charge < -0.3 is 5.32 Å². The molecule has 1 rings (SSSR count). The van der Waals surface area contributed by atoms with Crippen LogP contribution < -0.4 is 5.32 Å². The van der Waals surface area contributed by atoms with Crippen molar-refractivity contribution in [1.82, 2.24) is 5.32 Å². The topological polar surface area (TPSA) is 52.9 Å². The highest BCUT2D eigenvalue weighted by Gasteiger charge is 2.03. The zero-order chi connectivity index (χ0) is 11.1. The van der Waals surface area contributed by atoms with Crippen molar-refractivity contribution in [2.24, 2.45) is 0 Å². The van der Waals surface area contributed by atoms with Crippen LogP contribution in [-0.4, -0.2) is 5.91 Å². The second kappa shape index (κ2) is 5.76. The third kappa shape index (κ3) is 3.77. The minimum Gasteiger partial charge on any atom is -0.352 e. The summed E-state index contributed by atoms with van der Waals surface area (Å²) in [4.78, 5) is 11.1. The lowest BCUT2D eigenvalue weighted by Gasteiger charge is -2.04. The Morgan fingerprint density at radius 2 is 2.20 bits per heavy atom. The molecule has 0 aliphatic rings. The van der Waals surface area contributed by atoms with Crippen molar-refractivity contribution in [2.45, 2.75) is 19.4 Å². The molecule has 4 heteroatoms. The summed E-state index contributed by atoms with van der Waals surface area (Å²) in [5.74, 6) is -0.571. The summed E-state index contributed by atoms with van der Waals surface area (Å²) in [5.41, 5.74) is 0.447. The molecule has 1 aromatic rings. The molecule has 0 heterocycles. The van der Waals surface area contributed by atoms with Crippen LogP contribution in [0, 0.1) is 17.1 Å². The van der Waals surface area contributed by atoms with Crippen LogP contribution in [0.3, 0.4) is 0 Å². The van der Waals surface area contributed by atoms with E-state index in [0.717, 1.165) is 0 Å². The average Bonchev–Trinajstić information content (AvgIpc) is 2.25. The lowest BCUT2D eigenvalue weighted by molar-refractivity contribution is -0.121. The molecule has 78 valence electrons. The van der Waals surface area contributed by atoms with E-state index in [9.17, 15) is 9.18 Å². The molecule has 0 aliphatic heterocycles. The summed E-state index contributed by atoms with van der Waals surface area (Å²) < 4.78 is 13.1. The minimum atomic E-state index is -0.335. The van der Waals surface area contributed by atoms with Crippen LogP contribution in [-0.2, 0) is 11.3 Å². The average molecular weight is 206 g/mol. The molecule has 0 radical (unpaired) electrons. The number of nitrogens with zero attached hydrogens (tertiary/aromatic N) is 1. The van der Waals surface area contributed by atoms with Gasteiger partial charge in [0, 0.05) is 24.9 Å². The molecule has 0 bridgehead atoms. The molecular weight excluding hydrogens is 195 g/mol. The summed E-state index contributed by atoms with van der Waals surface area (Å²) >= 11 is 0. The summed E-state index contributed by atoms with van der Waals surface area (Å²) in [7, 11) is 0. The Balaban J connectivity index is 2.41. The second-order valence-electron chi connectivity index (χ2n) is 3.03. The lowest BCUT2D eigenvalue weighted by atomic mass is 10.2. The smallest absolute Gasteiger partial charge is 0.221 e. The molecule has 0 fully saturated rings. The van der Waals surface area contributed by atoms with E-state index in [1.807, 2.05) is 6.07 Å². The van der Waals surface area contributed by atoms with Crippen LogP contribution in [0.4, 0.5) is 4.39 Å². The Morgan fingerprint density at radius 3 is 2.87 bits per heavy atom. The number of carbonyl (C=O) groups excluding carboxylic acids is 1. The first-order valence-electron chi connectivity index (χ1n) is 4.61. The van der Waals surface area contributed by atoms with Crippen molar-refractivity contribution in [2.75, 3.05) is 0 Å². The van der Waals surface area contributed by atoms with Crippen LogP contribution in [0.1, 0.15) is 18.4 Å². The van der Waals surface area contributed by atoms with Crippen molar-refractivity contribution < 1.29 is 9.18 Å². The highest BCUT2D eigenvalue weighted by molar-refractivity contribution is 5.76. The zero-order valence-electron chi connectivity index (χ0n) is 8.16. The van der Waals surface area contributed by atoms with Crippen molar-refractivity contribution in [3.63, 3.8) is 0 Å². The Bertz CT molecular complexity index is 384. The van der Waals surface area contributed by atoms with Crippen LogP contribution in [0.2, 0.25) is 0 Å². The summed E-state index contributed by atoms with van der Waals surface area (Å²) in [6, 6.07) is 8.13. The van der Waals surface area contributed by atoms with Gasteiger partial charge >= 0.3 is 0 Å². The molecule has 1 aromatic carbocycles. The van der Waals surface area contributed by atoms with E-state index in [0.29, 0.717) is 5.56 Å². The third-order valence-electron chi connectivity index (χ3n) is 1.90. The van der Waals surface area contributed by atoms with Crippen molar-refractivity contribution >= 4 is 5.91 Å².